The molecule has 0 saturated heterocycles. The Hall–Kier alpha value is -2.96. The maximum atomic E-state index is 13.3. The van der Waals surface area contributed by atoms with Crippen molar-refractivity contribution >= 4 is 11.5 Å². The van der Waals surface area contributed by atoms with Gasteiger partial charge in [0, 0.05) is 18.6 Å². The zero-order valence-electron chi connectivity index (χ0n) is 13.2. The van der Waals surface area contributed by atoms with E-state index in [9.17, 15) is 19.3 Å². The van der Waals surface area contributed by atoms with Crippen molar-refractivity contribution in [3.8, 4) is 11.5 Å². The largest absolute Gasteiger partial charge is 0.497 e. The number of rotatable bonds is 7. The number of ketones is 1. The van der Waals surface area contributed by atoms with Gasteiger partial charge in [0.2, 0.25) is 0 Å². The van der Waals surface area contributed by atoms with Crippen LogP contribution in [0.25, 0.3) is 0 Å². The molecule has 2 aromatic rings. The van der Waals surface area contributed by atoms with E-state index in [-0.39, 0.29) is 12.0 Å². The van der Waals surface area contributed by atoms with Crippen LogP contribution in [0.15, 0.2) is 36.4 Å². The second kappa shape index (κ2) is 7.54. The molecule has 0 radical (unpaired) electrons. The van der Waals surface area contributed by atoms with E-state index in [1.54, 1.807) is 18.2 Å². The van der Waals surface area contributed by atoms with Gasteiger partial charge in [-0.3, -0.25) is 14.9 Å². The van der Waals surface area contributed by atoms with Gasteiger partial charge in [-0.05, 0) is 30.2 Å². The summed E-state index contributed by atoms with van der Waals surface area (Å²) in [6.45, 7) is 0. The Balaban J connectivity index is 2.20. The molecule has 0 fully saturated rings. The summed E-state index contributed by atoms with van der Waals surface area (Å²) in [5, 5.41) is 11.0. The number of ether oxygens (including phenoxy) is 2. The highest BCUT2D eigenvalue weighted by Crippen LogP contribution is 2.27. The van der Waals surface area contributed by atoms with Crippen LogP contribution >= 0.6 is 0 Å². The van der Waals surface area contributed by atoms with Crippen LogP contribution in [-0.4, -0.2) is 24.9 Å². The minimum Gasteiger partial charge on any atom is -0.497 e. The molecule has 0 aliphatic rings. The van der Waals surface area contributed by atoms with Crippen molar-refractivity contribution in [2.75, 3.05) is 14.2 Å². The average molecular weight is 333 g/mol. The molecule has 7 heteroatoms. The fourth-order valence-corrected chi connectivity index (χ4v) is 2.33. The minimum atomic E-state index is -0.694. The summed E-state index contributed by atoms with van der Waals surface area (Å²) in [5.41, 5.74) is 0.126. The highest BCUT2D eigenvalue weighted by Gasteiger charge is 2.21. The van der Waals surface area contributed by atoms with Crippen LogP contribution in [0.1, 0.15) is 22.3 Å². The zero-order chi connectivity index (χ0) is 17.7. The maximum absolute atomic E-state index is 13.3. The molecule has 0 spiro atoms. The van der Waals surface area contributed by atoms with E-state index in [2.05, 4.69) is 0 Å². The molecular formula is C17H16FNO5. The highest BCUT2D eigenvalue weighted by molar-refractivity contribution is 5.99. The number of methoxy groups -OCH3 is 2. The lowest BCUT2D eigenvalue weighted by atomic mass is 10.0. The van der Waals surface area contributed by atoms with Gasteiger partial charge in [0.25, 0.3) is 5.69 Å². The summed E-state index contributed by atoms with van der Waals surface area (Å²) >= 11 is 0. The van der Waals surface area contributed by atoms with Crippen LogP contribution in [0.3, 0.4) is 0 Å². The van der Waals surface area contributed by atoms with Crippen molar-refractivity contribution in [2.45, 2.75) is 12.8 Å². The summed E-state index contributed by atoms with van der Waals surface area (Å²) in [5.74, 6) is -0.0244. The maximum Gasteiger partial charge on any atom is 0.280 e. The van der Waals surface area contributed by atoms with Crippen LogP contribution in [0.5, 0.6) is 11.5 Å². The molecule has 0 heterocycles. The van der Waals surface area contributed by atoms with Gasteiger partial charge in [0.05, 0.1) is 24.7 Å². The molecule has 0 aliphatic heterocycles. The van der Waals surface area contributed by atoms with Gasteiger partial charge in [0.15, 0.2) is 5.78 Å². The number of nitrogens with zero attached hydrogens (tertiary/aromatic N) is 1. The number of nitro groups is 1. The van der Waals surface area contributed by atoms with Gasteiger partial charge in [-0.2, -0.15) is 0 Å². The third-order valence-corrected chi connectivity index (χ3v) is 3.57. The number of benzene rings is 2. The van der Waals surface area contributed by atoms with Gasteiger partial charge in [0.1, 0.15) is 17.3 Å². The number of hydrogen-bond donors (Lipinski definition) is 0. The lowest BCUT2D eigenvalue weighted by molar-refractivity contribution is -0.385. The van der Waals surface area contributed by atoms with Crippen LogP contribution in [0.2, 0.25) is 0 Å². The topological polar surface area (TPSA) is 78.7 Å². The highest BCUT2D eigenvalue weighted by atomic mass is 19.1. The molecule has 6 nitrogen and oxygen atoms in total. The first kappa shape index (κ1) is 17.4. The van der Waals surface area contributed by atoms with E-state index in [1.165, 1.54) is 14.2 Å². The van der Waals surface area contributed by atoms with Crippen molar-refractivity contribution in [1.29, 1.82) is 0 Å². The number of nitro benzene ring substituents is 1. The molecule has 0 saturated carbocycles. The average Bonchev–Trinajstić information content (AvgIpc) is 2.59. The Morgan fingerprint density at radius 1 is 1.17 bits per heavy atom. The number of hydrogen-bond acceptors (Lipinski definition) is 5. The summed E-state index contributed by atoms with van der Waals surface area (Å²) in [6.07, 6.45) is 0.298. The van der Waals surface area contributed by atoms with E-state index in [0.717, 1.165) is 23.8 Å². The third kappa shape index (κ3) is 3.87. The van der Waals surface area contributed by atoms with Gasteiger partial charge >= 0.3 is 0 Å². The van der Waals surface area contributed by atoms with Crippen LogP contribution in [-0.2, 0) is 6.42 Å². The van der Waals surface area contributed by atoms with Gasteiger partial charge in [-0.1, -0.05) is 6.07 Å². The Labute approximate surface area is 138 Å². The molecule has 0 atom stereocenters. The van der Waals surface area contributed by atoms with Gasteiger partial charge in [-0.15, -0.1) is 0 Å². The second-order valence-electron chi connectivity index (χ2n) is 5.02. The fraction of sp³-hybridized carbons (Fsp3) is 0.235. The van der Waals surface area contributed by atoms with Gasteiger partial charge in [-0.25, -0.2) is 4.39 Å². The number of aryl methyl sites for hydroxylation is 1. The minimum absolute atomic E-state index is 0.00696. The Morgan fingerprint density at radius 3 is 2.54 bits per heavy atom. The number of Topliss-reactive ketones (excluding diaryl/α,β-unsaturated/α-hetero) is 1. The smallest absolute Gasteiger partial charge is 0.280 e. The third-order valence-electron chi connectivity index (χ3n) is 3.57. The Bertz CT molecular complexity index is 776. The molecular weight excluding hydrogens is 317 g/mol. The molecule has 0 aliphatic carbocycles. The number of carbonyl (C=O) groups is 1. The molecule has 2 aromatic carbocycles. The van der Waals surface area contributed by atoms with Crippen molar-refractivity contribution in [3.05, 3.63) is 63.5 Å². The standard InChI is InChI=1S/C17H16FNO5/c1-23-13-6-3-11(17(10-13)24-2)4-8-16(20)14-9-12(18)5-7-15(14)19(21)22/h3,5-7,9-10H,4,8H2,1-2H3. The van der Waals surface area contributed by atoms with Crippen molar-refractivity contribution in [1.82, 2.24) is 0 Å². The predicted octanol–water partition coefficient (Wildman–Crippen LogP) is 3.57. The molecule has 0 N–H and O–H groups in total. The van der Waals surface area contributed by atoms with E-state index in [4.69, 9.17) is 9.47 Å². The monoisotopic (exact) mass is 333 g/mol. The second-order valence-corrected chi connectivity index (χ2v) is 5.02. The Morgan fingerprint density at radius 2 is 1.92 bits per heavy atom. The molecule has 2 rings (SSSR count). The first-order chi connectivity index (χ1) is 11.5. The summed E-state index contributed by atoms with van der Waals surface area (Å²) in [7, 11) is 3.03. The van der Waals surface area contributed by atoms with Crippen molar-refractivity contribution < 1.29 is 23.6 Å². The summed E-state index contributed by atoms with van der Waals surface area (Å²) in [6, 6.07) is 8.02. The van der Waals surface area contributed by atoms with E-state index < -0.39 is 22.2 Å². The SMILES string of the molecule is COc1ccc(CCC(=O)c2cc(F)ccc2[N+](=O)[O-])c(OC)c1. The number of halogens is 1. The van der Waals surface area contributed by atoms with E-state index in [0.29, 0.717) is 17.9 Å². The van der Waals surface area contributed by atoms with E-state index >= 15 is 0 Å². The van der Waals surface area contributed by atoms with Crippen LogP contribution < -0.4 is 9.47 Å². The van der Waals surface area contributed by atoms with E-state index in [1.807, 2.05) is 0 Å². The normalized spacial score (nSPS) is 10.3. The molecule has 0 aromatic heterocycles. The molecule has 0 amide bonds. The summed E-state index contributed by atoms with van der Waals surface area (Å²) in [4.78, 5) is 22.6. The predicted molar refractivity (Wildman–Crippen MR) is 85.3 cm³/mol. The molecule has 24 heavy (non-hydrogen) atoms. The fourth-order valence-electron chi connectivity index (χ4n) is 2.33. The summed E-state index contributed by atoms with van der Waals surface area (Å²) < 4.78 is 23.7. The molecule has 0 unspecified atom stereocenters. The quantitative estimate of drug-likeness (QED) is 0.440. The molecule has 126 valence electrons. The molecule has 0 bridgehead atoms. The number of carbonyl (C=O) groups excluding carboxylic acids is 1. The first-order valence-electron chi connectivity index (χ1n) is 7.14. The zero-order valence-corrected chi connectivity index (χ0v) is 13.2. The van der Waals surface area contributed by atoms with Gasteiger partial charge < -0.3 is 9.47 Å². The lowest BCUT2D eigenvalue weighted by Crippen LogP contribution is -2.06. The van der Waals surface area contributed by atoms with Crippen LogP contribution in [0.4, 0.5) is 10.1 Å². The van der Waals surface area contributed by atoms with Crippen LogP contribution in [0, 0.1) is 15.9 Å². The van der Waals surface area contributed by atoms with Crippen molar-refractivity contribution in [2.24, 2.45) is 0 Å². The Kier molecular flexibility index (Phi) is 5.47. The van der Waals surface area contributed by atoms with Crippen molar-refractivity contribution in [3.63, 3.8) is 0 Å². The lowest BCUT2D eigenvalue weighted by Gasteiger charge is -2.10. The first-order valence-corrected chi connectivity index (χ1v) is 7.14.